The third-order valence-electron chi connectivity index (χ3n) is 3.51. The van der Waals surface area contributed by atoms with Gasteiger partial charge in [0, 0.05) is 19.7 Å². The molecule has 6 heteroatoms. The van der Waals surface area contributed by atoms with Crippen LogP contribution in [0.3, 0.4) is 0 Å². The van der Waals surface area contributed by atoms with Crippen LogP contribution in [-0.2, 0) is 9.53 Å². The molecule has 0 radical (unpaired) electrons. The molecule has 2 rings (SSSR count). The number of hydrogen-bond acceptors (Lipinski definition) is 4. The van der Waals surface area contributed by atoms with Gasteiger partial charge in [-0.1, -0.05) is 13.0 Å². The molecule has 1 aromatic rings. The van der Waals surface area contributed by atoms with Crippen molar-refractivity contribution in [2.75, 3.05) is 25.0 Å². The summed E-state index contributed by atoms with van der Waals surface area (Å²) >= 11 is 0. The van der Waals surface area contributed by atoms with Crippen LogP contribution in [0.4, 0.5) is 10.1 Å². The predicted octanol–water partition coefficient (Wildman–Crippen LogP) is 1.65. The van der Waals surface area contributed by atoms with E-state index in [9.17, 15) is 9.18 Å². The van der Waals surface area contributed by atoms with Gasteiger partial charge in [0.05, 0.1) is 5.69 Å². The van der Waals surface area contributed by atoms with Crippen molar-refractivity contribution in [3.63, 3.8) is 0 Å². The molecule has 112 valence electrons. The number of rotatable bonds is 5. The molecule has 5 nitrogen and oxygen atoms in total. The van der Waals surface area contributed by atoms with Crippen LogP contribution < -0.4 is 10.6 Å². The molecule has 0 spiro atoms. The first kappa shape index (κ1) is 15.3. The Morgan fingerprint density at radius 2 is 2.33 bits per heavy atom. The minimum absolute atomic E-state index is 0.0171. The Morgan fingerprint density at radius 1 is 1.52 bits per heavy atom. The zero-order valence-electron chi connectivity index (χ0n) is 11.9. The molecular formula is C15H18FN3O2. The Bertz CT molecular complexity index is 556. The number of hydrogen-bond donors (Lipinski definition) is 2. The van der Waals surface area contributed by atoms with E-state index in [1.165, 1.54) is 12.1 Å². The van der Waals surface area contributed by atoms with Crippen LogP contribution in [0.2, 0.25) is 0 Å². The number of benzene rings is 1. The quantitative estimate of drug-likeness (QED) is 0.809. The van der Waals surface area contributed by atoms with Crippen LogP contribution in [0.15, 0.2) is 18.2 Å². The van der Waals surface area contributed by atoms with Crippen LogP contribution in [0.5, 0.6) is 0 Å². The van der Waals surface area contributed by atoms with E-state index in [4.69, 9.17) is 10.00 Å². The minimum atomic E-state index is -0.556. The molecule has 1 amide bonds. The first-order valence-corrected chi connectivity index (χ1v) is 6.95. The summed E-state index contributed by atoms with van der Waals surface area (Å²) in [5, 5.41) is 14.6. The van der Waals surface area contributed by atoms with Gasteiger partial charge in [0.2, 0.25) is 5.91 Å². The molecule has 1 aliphatic heterocycles. The summed E-state index contributed by atoms with van der Waals surface area (Å²) in [5.74, 6) is -0.451. The summed E-state index contributed by atoms with van der Waals surface area (Å²) in [5.41, 5.74) is 0.411. The van der Waals surface area contributed by atoms with E-state index in [1.807, 2.05) is 13.0 Å². The molecule has 1 aromatic carbocycles. The molecule has 0 saturated carbocycles. The SMILES string of the molecule is C[C@H]1CCO[C@H]1C(=O)NCCNc1cccc(F)c1C#N. The van der Waals surface area contributed by atoms with Crippen molar-refractivity contribution in [3.05, 3.63) is 29.6 Å². The number of nitrogens with zero attached hydrogens (tertiary/aromatic N) is 1. The lowest BCUT2D eigenvalue weighted by atomic mass is 10.0. The normalized spacial score (nSPS) is 20.8. The highest BCUT2D eigenvalue weighted by Crippen LogP contribution is 2.20. The summed E-state index contributed by atoms with van der Waals surface area (Å²) in [4.78, 5) is 11.9. The first-order chi connectivity index (χ1) is 10.1. The molecule has 1 heterocycles. The van der Waals surface area contributed by atoms with Crippen LogP contribution >= 0.6 is 0 Å². The predicted molar refractivity (Wildman–Crippen MR) is 76.1 cm³/mol. The van der Waals surface area contributed by atoms with E-state index in [2.05, 4.69) is 10.6 Å². The number of anilines is 1. The van der Waals surface area contributed by atoms with Crippen molar-refractivity contribution in [2.45, 2.75) is 19.4 Å². The van der Waals surface area contributed by atoms with E-state index < -0.39 is 5.82 Å². The van der Waals surface area contributed by atoms with E-state index in [0.717, 1.165) is 6.42 Å². The topological polar surface area (TPSA) is 74.2 Å². The average molecular weight is 291 g/mol. The van der Waals surface area contributed by atoms with Crippen molar-refractivity contribution in [3.8, 4) is 6.07 Å². The second-order valence-corrected chi connectivity index (χ2v) is 5.05. The van der Waals surface area contributed by atoms with Crippen molar-refractivity contribution in [1.29, 1.82) is 5.26 Å². The highest BCUT2D eigenvalue weighted by atomic mass is 19.1. The Balaban J connectivity index is 1.79. The number of amides is 1. The number of nitrogens with one attached hydrogen (secondary N) is 2. The lowest BCUT2D eigenvalue weighted by Crippen LogP contribution is -2.39. The molecule has 0 bridgehead atoms. The van der Waals surface area contributed by atoms with Gasteiger partial charge in [0.1, 0.15) is 23.6 Å². The second-order valence-electron chi connectivity index (χ2n) is 5.05. The van der Waals surface area contributed by atoms with Gasteiger partial charge in [-0.25, -0.2) is 4.39 Å². The van der Waals surface area contributed by atoms with Gasteiger partial charge < -0.3 is 15.4 Å². The third-order valence-corrected chi connectivity index (χ3v) is 3.51. The lowest BCUT2D eigenvalue weighted by Gasteiger charge is -2.15. The highest BCUT2D eigenvalue weighted by molar-refractivity contribution is 5.81. The smallest absolute Gasteiger partial charge is 0.249 e. The van der Waals surface area contributed by atoms with Crippen molar-refractivity contribution < 1.29 is 13.9 Å². The zero-order chi connectivity index (χ0) is 15.2. The van der Waals surface area contributed by atoms with Gasteiger partial charge in [-0.15, -0.1) is 0 Å². The molecule has 2 N–H and O–H groups in total. The molecule has 0 aromatic heterocycles. The van der Waals surface area contributed by atoms with Crippen molar-refractivity contribution in [1.82, 2.24) is 5.32 Å². The maximum Gasteiger partial charge on any atom is 0.249 e. The molecule has 1 aliphatic rings. The van der Waals surface area contributed by atoms with Gasteiger partial charge in [-0.05, 0) is 24.5 Å². The molecule has 1 fully saturated rings. The van der Waals surface area contributed by atoms with Gasteiger partial charge >= 0.3 is 0 Å². The Kier molecular flexibility index (Phi) is 5.12. The molecule has 2 atom stereocenters. The minimum Gasteiger partial charge on any atom is -0.382 e. The number of nitriles is 1. The van der Waals surface area contributed by atoms with E-state index in [0.29, 0.717) is 25.4 Å². The summed E-state index contributed by atoms with van der Waals surface area (Å²) in [6.45, 7) is 3.39. The fraction of sp³-hybridized carbons (Fsp3) is 0.467. The number of halogens is 1. The van der Waals surface area contributed by atoms with Crippen LogP contribution in [-0.4, -0.2) is 31.7 Å². The zero-order valence-corrected chi connectivity index (χ0v) is 11.9. The summed E-state index contributed by atoms with van der Waals surface area (Å²) in [6.07, 6.45) is 0.513. The van der Waals surface area contributed by atoms with E-state index >= 15 is 0 Å². The van der Waals surface area contributed by atoms with Crippen LogP contribution in [0.1, 0.15) is 18.9 Å². The molecule has 21 heavy (non-hydrogen) atoms. The summed E-state index contributed by atoms with van der Waals surface area (Å²) in [6, 6.07) is 6.22. The van der Waals surface area contributed by atoms with Crippen LogP contribution in [0, 0.1) is 23.1 Å². The number of ether oxygens (including phenoxy) is 1. The standard InChI is InChI=1S/C15H18FN3O2/c1-10-5-8-21-14(10)15(20)19-7-6-18-13-4-2-3-12(16)11(13)9-17/h2-4,10,14,18H,5-8H2,1H3,(H,19,20)/t10-,14+/m0/s1. The second kappa shape index (κ2) is 7.04. The number of carbonyl (C=O) groups is 1. The highest BCUT2D eigenvalue weighted by Gasteiger charge is 2.30. The fourth-order valence-electron chi connectivity index (χ4n) is 2.30. The van der Waals surface area contributed by atoms with Crippen molar-refractivity contribution in [2.24, 2.45) is 5.92 Å². The maximum atomic E-state index is 13.4. The largest absolute Gasteiger partial charge is 0.382 e. The first-order valence-electron chi connectivity index (χ1n) is 6.95. The Labute approximate surface area is 123 Å². The maximum absolute atomic E-state index is 13.4. The summed E-state index contributed by atoms with van der Waals surface area (Å²) < 4.78 is 18.8. The fourth-order valence-corrected chi connectivity index (χ4v) is 2.30. The van der Waals surface area contributed by atoms with Gasteiger partial charge in [-0.2, -0.15) is 5.26 Å². The van der Waals surface area contributed by atoms with Gasteiger partial charge in [0.15, 0.2) is 0 Å². The Hall–Kier alpha value is -2.13. The van der Waals surface area contributed by atoms with Gasteiger partial charge in [0.25, 0.3) is 0 Å². The van der Waals surface area contributed by atoms with E-state index in [1.54, 1.807) is 6.07 Å². The number of carbonyl (C=O) groups excluding carboxylic acids is 1. The Morgan fingerprint density at radius 3 is 3.00 bits per heavy atom. The monoisotopic (exact) mass is 291 g/mol. The lowest BCUT2D eigenvalue weighted by molar-refractivity contribution is -0.131. The average Bonchev–Trinajstić information content (AvgIpc) is 2.90. The molecular weight excluding hydrogens is 273 g/mol. The van der Waals surface area contributed by atoms with Gasteiger partial charge in [-0.3, -0.25) is 4.79 Å². The summed E-state index contributed by atoms with van der Waals surface area (Å²) in [7, 11) is 0. The molecule has 0 aliphatic carbocycles. The van der Waals surface area contributed by atoms with E-state index in [-0.39, 0.29) is 23.5 Å². The third kappa shape index (κ3) is 3.70. The van der Waals surface area contributed by atoms with Crippen molar-refractivity contribution >= 4 is 11.6 Å². The molecule has 0 unspecified atom stereocenters. The molecule has 1 saturated heterocycles. The van der Waals surface area contributed by atoms with Crippen LogP contribution in [0.25, 0.3) is 0 Å².